The summed E-state index contributed by atoms with van der Waals surface area (Å²) in [6, 6.07) is 9.94. The van der Waals surface area contributed by atoms with E-state index in [9.17, 15) is 4.39 Å². The maximum absolute atomic E-state index is 13.1. The maximum Gasteiger partial charge on any atom is 0.161 e. The van der Waals surface area contributed by atoms with Gasteiger partial charge in [0.2, 0.25) is 0 Å². The fourth-order valence-electron chi connectivity index (χ4n) is 2.02. The van der Waals surface area contributed by atoms with Gasteiger partial charge in [0, 0.05) is 0 Å². The molecule has 0 saturated heterocycles. The van der Waals surface area contributed by atoms with E-state index in [2.05, 4.69) is 0 Å². The van der Waals surface area contributed by atoms with Crippen molar-refractivity contribution in [2.45, 2.75) is 27.1 Å². The molecule has 0 unspecified atom stereocenters. The standard InChI is InChI=1S/C17H19FO3/c1-3-20-17-9-13(10-19)4-7-16(17)21-11-14-5-6-15(18)8-12(14)2/h4-9,19H,3,10-11H2,1-2H3. The van der Waals surface area contributed by atoms with Crippen molar-refractivity contribution in [3.05, 3.63) is 58.9 Å². The third-order valence-electron chi connectivity index (χ3n) is 3.18. The first-order valence-corrected chi connectivity index (χ1v) is 6.88. The van der Waals surface area contributed by atoms with E-state index >= 15 is 0 Å². The Labute approximate surface area is 124 Å². The van der Waals surface area contributed by atoms with Gasteiger partial charge in [-0.1, -0.05) is 12.1 Å². The molecule has 2 aromatic carbocycles. The molecule has 0 radical (unpaired) electrons. The number of benzene rings is 2. The van der Waals surface area contributed by atoms with Crippen molar-refractivity contribution >= 4 is 0 Å². The van der Waals surface area contributed by atoms with Gasteiger partial charge in [0.25, 0.3) is 0 Å². The quantitative estimate of drug-likeness (QED) is 0.883. The molecule has 4 heteroatoms. The van der Waals surface area contributed by atoms with Gasteiger partial charge >= 0.3 is 0 Å². The van der Waals surface area contributed by atoms with E-state index in [0.717, 1.165) is 16.7 Å². The fraction of sp³-hybridized carbons (Fsp3) is 0.294. The first-order chi connectivity index (χ1) is 10.1. The molecule has 0 bridgehead atoms. The van der Waals surface area contributed by atoms with Crippen molar-refractivity contribution in [3.8, 4) is 11.5 Å². The Kier molecular flexibility index (Phi) is 5.17. The predicted molar refractivity (Wildman–Crippen MR) is 79.0 cm³/mol. The van der Waals surface area contributed by atoms with Crippen molar-refractivity contribution in [2.75, 3.05) is 6.61 Å². The van der Waals surface area contributed by atoms with Gasteiger partial charge in [-0.2, -0.15) is 0 Å². The monoisotopic (exact) mass is 290 g/mol. The lowest BCUT2D eigenvalue weighted by atomic mass is 10.1. The topological polar surface area (TPSA) is 38.7 Å². The summed E-state index contributed by atoms with van der Waals surface area (Å²) < 4.78 is 24.4. The summed E-state index contributed by atoms with van der Waals surface area (Å²) in [5.41, 5.74) is 2.54. The summed E-state index contributed by atoms with van der Waals surface area (Å²) in [6.45, 7) is 4.54. The molecule has 3 nitrogen and oxygen atoms in total. The van der Waals surface area contributed by atoms with Gasteiger partial charge in [-0.05, 0) is 54.8 Å². The van der Waals surface area contributed by atoms with Crippen molar-refractivity contribution in [2.24, 2.45) is 0 Å². The van der Waals surface area contributed by atoms with Crippen molar-refractivity contribution < 1.29 is 19.0 Å². The van der Waals surface area contributed by atoms with Crippen LogP contribution in [0.25, 0.3) is 0 Å². The molecule has 0 atom stereocenters. The molecule has 0 amide bonds. The Bertz CT molecular complexity index is 611. The number of hydrogen-bond donors (Lipinski definition) is 1. The molecule has 112 valence electrons. The summed E-state index contributed by atoms with van der Waals surface area (Å²) in [5.74, 6) is 0.958. The van der Waals surface area contributed by atoms with Gasteiger partial charge in [0.05, 0.1) is 13.2 Å². The molecular weight excluding hydrogens is 271 g/mol. The van der Waals surface area contributed by atoms with Crippen LogP contribution in [0.5, 0.6) is 11.5 Å². The molecule has 0 spiro atoms. The lowest BCUT2D eigenvalue weighted by Gasteiger charge is -2.14. The van der Waals surface area contributed by atoms with Gasteiger partial charge in [-0.25, -0.2) is 4.39 Å². The minimum Gasteiger partial charge on any atom is -0.490 e. The van der Waals surface area contributed by atoms with E-state index in [0.29, 0.717) is 24.7 Å². The average Bonchev–Trinajstić information content (AvgIpc) is 2.47. The van der Waals surface area contributed by atoms with E-state index in [-0.39, 0.29) is 12.4 Å². The van der Waals surface area contributed by atoms with E-state index in [4.69, 9.17) is 14.6 Å². The highest BCUT2D eigenvalue weighted by molar-refractivity contribution is 5.43. The summed E-state index contributed by atoms with van der Waals surface area (Å²) in [5, 5.41) is 9.16. The van der Waals surface area contributed by atoms with Crippen LogP contribution in [0.15, 0.2) is 36.4 Å². The Morgan fingerprint density at radius 2 is 1.86 bits per heavy atom. The normalized spacial score (nSPS) is 10.5. The van der Waals surface area contributed by atoms with E-state index in [1.807, 2.05) is 13.8 Å². The number of aliphatic hydroxyl groups is 1. The summed E-state index contributed by atoms with van der Waals surface area (Å²) >= 11 is 0. The highest BCUT2D eigenvalue weighted by Gasteiger charge is 2.08. The number of hydrogen-bond acceptors (Lipinski definition) is 3. The van der Waals surface area contributed by atoms with Gasteiger partial charge < -0.3 is 14.6 Å². The Morgan fingerprint density at radius 1 is 1.05 bits per heavy atom. The molecule has 0 heterocycles. The van der Waals surface area contributed by atoms with Gasteiger partial charge in [-0.15, -0.1) is 0 Å². The fourth-order valence-corrected chi connectivity index (χ4v) is 2.02. The zero-order chi connectivity index (χ0) is 15.2. The number of ether oxygens (including phenoxy) is 2. The zero-order valence-electron chi connectivity index (χ0n) is 12.2. The second-order valence-electron chi connectivity index (χ2n) is 4.73. The maximum atomic E-state index is 13.1. The number of aryl methyl sites for hydroxylation is 1. The van der Waals surface area contributed by atoms with Crippen LogP contribution in [0, 0.1) is 12.7 Å². The lowest BCUT2D eigenvalue weighted by molar-refractivity contribution is 0.263. The van der Waals surface area contributed by atoms with E-state index in [1.165, 1.54) is 12.1 Å². The summed E-state index contributed by atoms with van der Waals surface area (Å²) in [6.07, 6.45) is 0. The van der Waals surface area contributed by atoms with Crippen LogP contribution in [0.3, 0.4) is 0 Å². The molecule has 0 aromatic heterocycles. The van der Waals surface area contributed by atoms with Gasteiger partial charge in [-0.3, -0.25) is 0 Å². The first-order valence-electron chi connectivity index (χ1n) is 6.88. The SMILES string of the molecule is CCOc1cc(CO)ccc1OCc1ccc(F)cc1C. The summed E-state index contributed by atoms with van der Waals surface area (Å²) in [7, 11) is 0. The molecule has 0 fully saturated rings. The van der Waals surface area contributed by atoms with Crippen LogP contribution >= 0.6 is 0 Å². The lowest BCUT2D eigenvalue weighted by Crippen LogP contribution is -2.02. The van der Waals surface area contributed by atoms with Crippen molar-refractivity contribution in [1.29, 1.82) is 0 Å². The van der Waals surface area contributed by atoms with E-state index in [1.54, 1.807) is 24.3 Å². The van der Waals surface area contributed by atoms with Crippen molar-refractivity contribution in [1.82, 2.24) is 0 Å². The molecule has 2 rings (SSSR count). The molecule has 21 heavy (non-hydrogen) atoms. The predicted octanol–water partition coefficient (Wildman–Crippen LogP) is 3.60. The van der Waals surface area contributed by atoms with Crippen molar-refractivity contribution in [3.63, 3.8) is 0 Å². The second-order valence-corrected chi connectivity index (χ2v) is 4.73. The van der Waals surface area contributed by atoms with Gasteiger partial charge in [0.1, 0.15) is 12.4 Å². The highest BCUT2D eigenvalue weighted by Crippen LogP contribution is 2.29. The van der Waals surface area contributed by atoms with Crippen LogP contribution in [0.1, 0.15) is 23.6 Å². The zero-order valence-corrected chi connectivity index (χ0v) is 12.2. The molecular formula is C17H19FO3. The van der Waals surface area contributed by atoms with Crippen LogP contribution in [-0.4, -0.2) is 11.7 Å². The van der Waals surface area contributed by atoms with Gasteiger partial charge in [0.15, 0.2) is 11.5 Å². The molecule has 2 aromatic rings. The Morgan fingerprint density at radius 3 is 2.52 bits per heavy atom. The number of aliphatic hydroxyl groups excluding tert-OH is 1. The van der Waals surface area contributed by atoms with E-state index < -0.39 is 0 Å². The first kappa shape index (κ1) is 15.3. The molecule has 0 aliphatic rings. The molecule has 0 aliphatic carbocycles. The van der Waals surface area contributed by atoms with Crippen LogP contribution in [0.2, 0.25) is 0 Å². The van der Waals surface area contributed by atoms with Crippen LogP contribution < -0.4 is 9.47 Å². The minimum atomic E-state index is -0.251. The van der Waals surface area contributed by atoms with Crippen LogP contribution in [-0.2, 0) is 13.2 Å². The summed E-state index contributed by atoms with van der Waals surface area (Å²) in [4.78, 5) is 0. The number of halogens is 1. The Hall–Kier alpha value is -2.07. The third-order valence-corrected chi connectivity index (χ3v) is 3.18. The third kappa shape index (κ3) is 3.95. The molecule has 1 N–H and O–H groups in total. The second kappa shape index (κ2) is 7.09. The number of rotatable bonds is 6. The highest BCUT2D eigenvalue weighted by atomic mass is 19.1. The van der Waals surface area contributed by atoms with Crippen LogP contribution in [0.4, 0.5) is 4.39 Å². The molecule has 0 aliphatic heterocycles. The Balaban J connectivity index is 2.15. The molecule has 0 saturated carbocycles. The minimum absolute atomic E-state index is 0.0442. The largest absolute Gasteiger partial charge is 0.490 e. The smallest absolute Gasteiger partial charge is 0.161 e. The average molecular weight is 290 g/mol.